The highest BCUT2D eigenvalue weighted by atomic mass is 16.6. The van der Waals surface area contributed by atoms with Gasteiger partial charge in [-0.15, -0.1) is 0 Å². The minimum Gasteiger partial charge on any atom is -0.426 e. The third kappa shape index (κ3) is 3.33. The quantitative estimate of drug-likeness (QED) is 0.790. The van der Waals surface area contributed by atoms with Gasteiger partial charge in [0.25, 0.3) is 17.8 Å². The number of amides is 4. The van der Waals surface area contributed by atoms with Crippen molar-refractivity contribution in [2.24, 2.45) is 5.92 Å². The number of benzene rings is 1. The lowest BCUT2D eigenvalue weighted by molar-refractivity contribution is -0.125. The third-order valence-electron chi connectivity index (χ3n) is 5.42. The van der Waals surface area contributed by atoms with Crippen molar-refractivity contribution in [2.45, 2.75) is 25.3 Å². The molecule has 0 spiro atoms. The van der Waals surface area contributed by atoms with Gasteiger partial charge in [-0.05, 0) is 43.9 Å². The van der Waals surface area contributed by atoms with E-state index in [1.54, 1.807) is 36.1 Å². The molecule has 28 heavy (non-hydrogen) atoms. The number of likely N-dealkylation sites (tertiary alicyclic amines) is 1. The molecular formula is C20H21N3O5. The predicted octanol–water partition coefficient (Wildman–Crippen LogP) is 2.52. The standard InChI is InChI=1S/C20H21N3O5/c1-20(18(25)21-19(26)22-20)13-9-11-23(12-10-13)17(24)15-7-8-16(28-15)27-14-5-3-2-4-6-14/h2-8,13H,9-12H2,1H3,(H2,21,22,25,26)/t20-/m1/s1. The zero-order chi connectivity index (χ0) is 19.7. The largest absolute Gasteiger partial charge is 0.426 e. The van der Waals surface area contributed by atoms with Crippen LogP contribution in [0.25, 0.3) is 0 Å². The summed E-state index contributed by atoms with van der Waals surface area (Å²) in [6.07, 6.45) is 1.23. The molecule has 146 valence electrons. The number of nitrogens with zero attached hydrogens (tertiary/aromatic N) is 1. The Kier molecular flexibility index (Phi) is 4.54. The van der Waals surface area contributed by atoms with Crippen LogP contribution in [0.5, 0.6) is 11.7 Å². The van der Waals surface area contributed by atoms with Crippen molar-refractivity contribution in [1.29, 1.82) is 0 Å². The highest BCUT2D eigenvalue weighted by molar-refractivity contribution is 6.07. The Morgan fingerprint density at radius 2 is 1.86 bits per heavy atom. The van der Waals surface area contributed by atoms with E-state index in [1.807, 2.05) is 18.2 Å². The molecule has 4 amide bonds. The summed E-state index contributed by atoms with van der Waals surface area (Å²) in [5.74, 6) is 0.533. The van der Waals surface area contributed by atoms with Crippen LogP contribution in [0.1, 0.15) is 30.3 Å². The molecule has 3 heterocycles. The zero-order valence-electron chi connectivity index (χ0n) is 15.4. The van der Waals surface area contributed by atoms with Crippen molar-refractivity contribution in [3.63, 3.8) is 0 Å². The molecule has 0 aliphatic carbocycles. The molecule has 8 nitrogen and oxygen atoms in total. The van der Waals surface area contributed by atoms with E-state index in [0.717, 1.165) is 0 Å². The number of carbonyl (C=O) groups excluding carboxylic acids is 3. The molecule has 0 unspecified atom stereocenters. The van der Waals surface area contributed by atoms with Crippen LogP contribution in [0, 0.1) is 5.92 Å². The number of hydrogen-bond donors (Lipinski definition) is 2. The summed E-state index contributed by atoms with van der Waals surface area (Å²) in [5, 5.41) is 5.00. The van der Waals surface area contributed by atoms with E-state index in [2.05, 4.69) is 10.6 Å². The molecule has 1 atom stereocenters. The van der Waals surface area contributed by atoms with Crippen molar-refractivity contribution in [3.05, 3.63) is 48.2 Å². The van der Waals surface area contributed by atoms with E-state index >= 15 is 0 Å². The minimum atomic E-state index is -0.923. The SMILES string of the molecule is C[C@]1(C2CCN(C(=O)c3ccc(Oc4ccccc4)o3)CC2)NC(=O)NC1=O. The molecule has 0 radical (unpaired) electrons. The Balaban J connectivity index is 1.37. The van der Waals surface area contributed by atoms with Gasteiger partial charge in [-0.2, -0.15) is 0 Å². The van der Waals surface area contributed by atoms with E-state index in [9.17, 15) is 14.4 Å². The topological polar surface area (TPSA) is 101 Å². The Hall–Kier alpha value is -3.29. The van der Waals surface area contributed by atoms with Crippen LogP contribution in [0.4, 0.5) is 4.79 Å². The lowest BCUT2D eigenvalue weighted by atomic mass is 9.79. The first-order valence-electron chi connectivity index (χ1n) is 9.21. The fourth-order valence-corrected chi connectivity index (χ4v) is 3.75. The van der Waals surface area contributed by atoms with E-state index in [4.69, 9.17) is 9.15 Å². The van der Waals surface area contributed by atoms with Crippen molar-refractivity contribution in [1.82, 2.24) is 15.5 Å². The van der Waals surface area contributed by atoms with Gasteiger partial charge in [0.05, 0.1) is 0 Å². The van der Waals surface area contributed by atoms with Gasteiger partial charge >= 0.3 is 6.03 Å². The second kappa shape index (κ2) is 7.03. The first-order valence-corrected chi connectivity index (χ1v) is 9.21. The number of para-hydroxylation sites is 1. The van der Waals surface area contributed by atoms with E-state index in [0.29, 0.717) is 31.7 Å². The van der Waals surface area contributed by atoms with Crippen molar-refractivity contribution < 1.29 is 23.5 Å². The fourth-order valence-electron chi connectivity index (χ4n) is 3.75. The third-order valence-corrected chi connectivity index (χ3v) is 5.42. The van der Waals surface area contributed by atoms with E-state index in [-0.39, 0.29) is 29.4 Å². The molecule has 0 saturated carbocycles. The second-order valence-corrected chi connectivity index (χ2v) is 7.21. The summed E-state index contributed by atoms with van der Waals surface area (Å²) in [5.41, 5.74) is -0.923. The average Bonchev–Trinajstić information content (AvgIpc) is 3.26. The van der Waals surface area contributed by atoms with Crippen LogP contribution >= 0.6 is 0 Å². The van der Waals surface area contributed by atoms with Crippen molar-refractivity contribution in [3.8, 4) is 11.7 Å². The Labute approximate surface area is 161 Å². The minimum absolute atomic E-state index is 0.0309. The number of imide groups is 1. The van der Waals surface area contributed by atoms with Gasteiger partial charge in [-0.3, -0.25) is 14.9 Å². The summed E-state index contributed by atoms with van der Waals surface area (Å²) in [7, 11) is 0. The van der Waals surface area contributed by atoms with Gasteiger partial charge in [-0.1, -0.05) is 18.2 Å². The lowest BCUT2D eigenvalue weighted by Gasteiger charge is -2.38. The summed E-state index contributed by atoms with van der Waals surface area (Å²) in [4.78, 5) is 38.0. The van der Waals surface area contributed by atoms with Gasteiger partial charge in [0.2, 0.25) is 0 Å². The Bertz CT molecular complexity index is 902. The number of rotatable bonds is 4. The Morgan fingerprint density at radius 1 is 1.14 bits per heavy atom. The van der Waals surface area contributed by atoms with Gasteiger partial charge in [0.15, 0.2) is 5.76 Å². The highest BCUT2D eigenvalue weighted by Crippen LogP contribution is 2.32. The lowest BCUT2D eigenvalue weighted by Crippen LogP contribution is -2.54. The molecule has 2 N–H and O–H groups in total. The van der Waals surface area contributed by atoms with Crippen molar-refractivity contribution >= 4 is 17.8 Å². The first kappa shape index (κ1) is 18.1. The van der Waals surface area contributed by atoms with Crippen LogP contribution in [0.2, 0.25) is 0 Å². The molecule has 2 aliphatic heterocycles. The number of piperidine rings is 1. The number of furan rings is 1. The van der Waals surface area contributed by atoms with Crippen LogP contribution in [-0.4, -0.2) is 41.4 Å². The van der Waals surface area contributed by atoms with Crippen LogP contribution < -0.4 is 15.4 Å². The van der Waals surface area contributed by atoms with Gasteiger partial charge < -0.3 is 19.4 Å². The monoisotopic (exact) mass is 383 g/mol. The molecule has 2 aromatic rings. The summed E-state index contributed by atoms with van der Waals surface area (Å²) in [6, 6.07) is 11.9. The molecule has 1 aromatic heterocycles. The number of ether oxygens (including phenoxy) is 1. The smallest absolute Gasteiger partial charge is 0.322 e. The van der Waals surface area contributed by atoms with E-state index < -0.39 is 11.6 Å². The molecule has 0 bridgehead atoms. The number of hydrogen-bond acceptors (Lipinski definition) is 5. The summed E-state index contributed by atoms with van der Waals surface area (Å²) in [6.45, 7) is 2.70. The van der Waals surface area contributed by atoms with Gasteiger partial charge in [0, 0.05) is 19.2 Å². The maximum absolute atomic E-state index is 12.7. The van der Waals surface area contributed by atoms with Gasteiger partial charge in [-0.25, -0.2) is 4.79 Å². The summed E-state index contributed by atoms with van der Waals surface area (Å²) < 4.78 is 11.1. The Morgan fingerprint density at radius 3 is 2.50 bits per heavy atom. The molecule has 2 aliphatic rings. The number of nitrogens with one attached hydrogen (secondary N) is 2. The highest BCUT2D eigenvalue weighted by Gasteiger charge is 2.48. The fraction of sp³-hybridized carbons (Fsp3) is 0.350. The van der Waals surface area contributed by atoms with Crippen LogP contribution in [0.3, 0.4) is 0 Å². The maximum atomic E-state index is 12.7. The average molecular weight is 383 g/mol. The molecule has 4 rings (SSSR count). The number of urea groups is 1. The molecule has 1 aromatic carbocycles. The van der Waals surface area contributed by atoms with E-state index in [1.165, 1.54) is 0 Å². The predicted molar refractivity (Wildman–Crippen MR) is 98.9 cm³/mol. The maximum Gasteiger partial charge on any atom is 0.322 e. The van der Waals surface area contributed by atoms with Crippen LogP contribution in [0.15, 0.2) is 46.9 Å². The molecule has 8 heteroatoms. The first-order chi connectivity index (χ1) is 13.5. The zero-order valence-corrected chi connectivity index (χ0v) is 15.4. The molecular weight excluding hydrogens is 362 g/mol. The molecule has 2 fully saturated rings. The van der Waals surface area contributed by atoms with Crippen molar-refractivity contribution in [2.75, 3.05) is 13.1 Å². The number of carbonyl (C=O) groups is 3. The van der Waals surface area contributed by atoms with Gasteiger partial charge in [0.1, 0.15) is 11.3 Å². The second-order valence-electron chi connectivity index (χ2n) is 7.21. The summed E-state index contributed by atoms with van der Waals surface area (Å²) >= 11 is 0. The molecule has 2 saturated heterocycles. The van der Waals surface area contributed by atoms with Crippen LogP contribution in [-0.2, 0) is 4.79 Å². The normalized spacial score (nSPS) is 22.7.